The molecule has 2 aliphatic rings. The maximum Gasteiger partial charge on any atom is 0.137 e. The summed E-state index contributed by atoms with van der Waals surface area (Å²) in [5.41, 5.74) is 8.34. The van der Waals surface area contributed by atoms with Gasteiger partial charge in [-0.05, 0) is 43.1 Å². The Balaban J connectivity index is 2.12. The van der Waals surface area contributed by atoms with Crippen LogP contribution in [-0.4, -0.2) is 18.1 Å². The number of nitrogens with zero attached hydrogens (tertiary/aromatic N) is 3. The summed E-state index contributed by atoms with van der Waals surface area (Å²) in [4.78, 5) is 27.1. The Labute approximate surface area is 113 Å². The molecule has 0 aromatic carbocycles. The van der Waals surface area contributed by atoms with Gasteiger partial charge in [-0.25, -0.2) is 0 Å². The van der Waals surface area contributed by atoms with Crippen molar-refractivity contribution in [3.05, 3.63) is 10.4 Å². The third kappa shape index (κ3) is 2.52. The normalized spacial score (nSPS) is 33.9. The molecular formula is C14H21N3O2. The van der Waals surface area contributed by atoms with Crippen molar-refractivity contribution < 1.29 is 9.59 Å². The predicted molar refractivity (Wildman–Crippen MR) is 71.4 cm³/mol. The number of fused-ring (bicyclic) bond motifs is 1. The van der Waals surface area contributed by atoms with E-state index in [1.807, 2.05) is 0 Å². The molecule has 19 heavy (non-hydrogen) atoms. The molecule has 0 saturated heterocycles. The van der Waals surface area contributed by atoms with Gasteiger partial charge in [0.2, 0.25) is 0 Å². The molecule has 0 aromatic heterocycles. The number of azide groups is 1. The number of carbonyl (C=O) groups excluding carboxylic acids is 2. The van der Waals surface area contributed by atoms with Gasteiger partial charge in [0.1, 0.15) is 11.6 Å². The van der Waals surface area contributed by atoms with Gasteiger partial charge in [0.05, 0.1) is 0 Å². The van der Waals surface area contributed by atoms with E-state index in [0.717, 1.165) is 19.3 Å². The molecule has 0 amide bonds. The second kappa shape index (κ2) is 5.74. The summed E-state index contributed by atoms with van der Waals surface area (Å²) in [6.07, 6.45) is 5.46. The van der Waals surface area contributed by atoms with Crippen LogP contribution < -0.4 is 0 Å². The smallest absolute Gasteiger partial charge is 0.137 e. The Morgan fingerprint density at radius 1 is 1.32 bits per heavy atom. The predicted octanol–water partition coefficient (Wildman–Crippen LogP) is 3.43. The van der Waals surface area contributed by atoms with Crippen molar-refractivity contribution in [1.29, 1.82) is 0 Å². The lowest BCUT2D eigenvalue weighted by atomic mass is 9.60. The Bertz CT molecular complexity index is 428. The third-order valence-corrected chi connectivity index (χ3v) is 5.10. The minimum Gasteiger partial charge on any atom is -0.299 e. The molecule has 5 heteroatoms. The maximum absolute atomic E-state index is 12.2. The van der Waals surface area contributed by atoms with Crippen molar-refractivity contribution in [3.63, 3.8) is 0 Å². The number of rotatable bonds is 5. The summed E-state index contributed by atoms with van der Waals surface area (Å²) in [5.74, 6) is 0.330. The Hall–Kier alpha value is -1.35. The van der Waals surface area contributed by atoms with Gasteiger partial charge in [-0.3, -0.25) is 9.59 Å². The number of carbonyl (C=O) groups is 2. The number of hydrogen-bond acceptors (Lipinski definition) is 3. The Kier molecular flexibility index (Phi) is 4.25. The first-order valence-electron chi connectivity index (χ1n) is 7.21. The lowest BCUT2D eigenvalue weighted by molar-refractivity contribution is -0.139. The van der Waals surface area contributed by atoms with Gasteiger partial charge in [-0.1, -0.05) is 12.0 Å². The van der Waals surface area contributed by atoms with Crippen LogP contribution in [0.2, 0.25) is 0 Å². The first kappa shape index (κ1) is 14.1. The monoisotopic (exact) mass is 263 g/mol. The van der Waals surface area contributed by atoms with Crippen LogP contribution in [0, 0.1) is 17.3 Å². The molecule has 2 rings (SSSR count). The third-order valence-electron chi connectivity index (χ3n) is 5.10. The molecule has 104 valence electrons. The average Bonchev–Trinajstić information content (AvgIpc) is 2.76. The molecule has 0 spiro atoms. The van der Waals surface area contributed by atoms with E-state index in [4.69, 9.17) is 5.53 Å². The topological polar surface area (TPSA) is 82.9 Å². The fourth-order valence-corrected chi connectivity index (χ4v) is 4.03. The van der Waals surface area contributed by atoms with Gasteiger partial charge in [0.25, 0.3) is 0 Å². The van der Waals surface area contributed by atoms with Crippen LogP contribution in [-0.2, 0) is 9.59 Å². The van der Waals surface area contributed by atoms with Crippen molar-refractivity contribution in [1.82, 2.24) is 0 Å². The van der Waals surface area contributed by atoms with Crippen LogP contribution in [0.1, 0.15) is 51.9 Å². The molecule has 0 aromatic rings. The zero-order chi connectivity index (χ0) is 13.9. The molecule has 3 atom stereocenters. The number of hydrogen-bond donors (Lipinski definition) is 0. The quantitative estimate of drug-likeness (QED) is 0.329. The van der Waals surface area contributed by atoms with E-state index in [2.05, 4.69) is 16.9 Å². The summed E-state index contributed by atoms with van der Waals surface area (Å²) < 4.78 is 0. The van der Waals surface area contributed by atoms with Crippen LogP contribution in [0.5, 0.6) is 0 Å². The summed E-state index contributed by atoms with van der Waals surface area (Å²) in [6.45, 7) is 2.55. The first-order chi connectivity index (χ1) is 9.14. The van der Waals surface area contributed by atoms with Gasteiger partial charge >= 0.3 is 0 Å². The molecule has 0 heterocycles. The molecule has 2 saturated carbocycles. The van der Waals surface area contributed by atoms with Gasteiger partial charge in [-0.2, -0.15) is 0 Å². The molecule has 2 aliphatic carbocycles. The van der Waals surface area contributed by atoms with E-state index in [9.17, 15) is 9.59 Å². The highest BCUT2D eigenvalue weighted by Crippen LogP contribution is 2.54. The van der Waals surface area contributed by atoms with E-state index in [0.29, 0.717) is 32.2 Å². The standard InChI is InChI=1S/C14H21N3O2/c1-2-14-7-5-11(18)10(4-3-9-16-17-15)13(14)12(19)6-8-14/h10,13H,2-9H2,1H3/t10-,13+,14-/m0/s1. The molecule has 2 fully saturated rings. The van der Waals surface area contributed by atoms with Crippen LogP contribution in [0.3, 0.4) is 0 Å². The number of Topliss-reactive ketones (excluding diaryl/α,β-unsaturated/α-hetero) is 2. The molecule has 0 radical (unpaired) electrons. The SMILES string of the molecule is CC[C@@]12CCC(=O)[C@H](CCCN=[N+]=[N-])[C@@H]1C(=O)CC2. The van der Waals surface area contributed by atoms with Gasteiger partial charge in [0, 0.05) is 36.1 Å². The molecule has 0 unspecified atom stereocenters. The minimum absolute atomic E-state index is 0.0650. The van der Waals surface area contributed by atoms with Crippen molar-refractivity contribution in [2.24, 2.45) is 22.4 Å². The average molecular weight is 263 g/mol. The highest BCUT2D eigenvalue weighted by Gasteiger charge is 2.54. The molecule has 5 nitrogen and oxygen atoms in total. The second-order valence-electron chi connectivity index (χ2n) is 5.83. The highest BCUT2D eigenvalue weighted by atomic mass is 16.1. The van der Waals surface area contributed by atoms with Gasteiger partial charge in [-0.15, -0.1) is 0 Å². The first-order valence-corrected chi connectivity index (χ1v) is 7.21. The van der Waals surface area contributed by atoms with Crippen LogP contribution in [0.4, 0.5) is 0 Å². The van der Waals surface area contributed by atoms with E-state index >= 15 is 0 Å². The highest BCUT2D eigenvalue weighted by molar-refractivity contribution is 5.93. The van der Waals surface area contributed by atoms with Crippen molar-refractivity contribution >= 4 is 11.6 Å². The number of ketones is 2. The van der Waals surface area contributed by atoms with Gasteiger partial charge < -0.3 is 0 Å². The largest absolute Gasteiger partial charge is 0.299 e. The van der Waals surface area contributed by atoms with Crippen molar-refractivity contribution in [3.8, 4) is 0 Å². The van der Waals surface area contributed by atoms with Crippen LogP contribution in [0.25, 0.3) is 10.4 Å². The zero-order valence-electron chi connectivity index (χ0n) is 11.5. The summed E-state index contributed by atoms with van der Waals surface area (Å²) in [7, 11) is 0. The Morgan fingerprint density at radius 3 is 2.63 bits per heavy atom. The van der Waals surface area contributed by atoms with Crippen LogP contribution in [0.15, 0.2) is 5.11 Å². The lowest BCUT2D eigenvalue weighted by Gasteiger charge is -2.42. The van der Waals surface area contributed by atoms with E-state index in [1.165, 1.54) is 0 Å². The second-order valence-corrected chi connectivity index (χ2v) is 5.83. The fourth-order valence-electron chi connectivity index (χ4n) is 4.03. The zero-order valence-corrected chi connectivity index (χ0v) is 11.5. The molecule has 0 aliphatic heterocycles. The lowest BCUT2D eigenvalue weighted by Crippen LogP contribution is -2.42. The molecular weight excluding hydrogens is 242 g/mol. The van der Waals surface area contributed by atoms with Crippen LogP contribution >= 0.6 is 0 Å². The van der Waals surface area contributed by atoms with E-state index in [-0.39, 0.29) is 28.8 Å². The Morgan fingerprint density at radius 2 is 2.00 bits per heavy atom. The van der Waals surface area contributed by atoms with E-state index < -0.39 is 0 Å². The fraction of sp³-hybridized carbons (Fsp3) is 0.857. The van der Waals surface area contributed by atoms with Crippen molar-refractivity contribution in [2.45, 2.75) is 51.9 Å². The minimum atomic E-state index is -0.127. The molecule has 0 bridgehead atoms. The summed E-state index contributed by atoms with van der Waals surface area (Å²) in [5, 5.41) is 3.51. The van der Waals surface area contributed by atoms with Gasteiger partial charge in [0.15, 0.2) is 0 Å². The maximum atomic E-state index is 12.2. The summed E-state index contributed by atoms with van der Waals surface area (Å²) >= 11 is 0. The van der Waals surface area contributed by atoms with Crippen molar-refractivity contribution in [2.75, 3.05) is 6.54 Å². The molecule has 0 N–H and O–H groups in total. The van der Waals surface area contributed by atoms with E-state index in [1.54, 1.807) is 0 Å². The summed E-state index contributed by atoms with van der Waals surface area (Å²) in [6, 6.07) is 0.